The number of aliphatic hydroxyl groups excluding tert-OH is 1. The lowest BCUT2D eigenvalue weighted by molar-refractivity contribution is -0.135. The average Bonchev–Trinajstić information content (AvgIpc) is 2.99. The quantitative estimate of drug-likeness (QED) is 0.592. The lowest BCUT2D eigenvalue weighted by Crippen LogP contribution is -2.45. The van der Waals surface area contributed by atoms with Gasteiger partial charge >= 0.3 is 6.09 Å². The summed E-state index contributed by atoms with van der Waals surface area (Å²) in [5, 5.41) is 12.3. The normalized spacial score (nSPS) is 18.6. The van der Waals surface area contributed by atoms with Crippen LogP contribution in [0.2, 0.25) is 0 Å². The maximum atomic E-state index is 11.5. The Balaban J connectivity index is 2.46. The van der Waals surface area contributed by atoms with Gasteiger partial charge in [-0.15, -0.1) is 0 Å². The lowest BCUT2D eigenvalue weighted by Gasteiger charge is -2.21. The highest BCUT2D eigenvalue weighted by Gasteiger charge is 2.32. The highest BCUT2D eigenvalue weighted by Crippen LogP contribution is 2.19. The molecule has 1 aliphatic carbocycles. The van der Waals surface area contributed by atoms with Crippen molar-refractivity contribution in [2.45, 2.75) is 50.9 Å². The molecule has 0 aromatic carbocycles. The number of nitrogens with two attached hydrogens (primary N) is 1. The second-order valence-corrected chi connectivity index (χ2v) is 3.99. The molecular weight excluding hydrogens is 212 g/mol. The predicted octanol–water partition coefficient (Wildman–Crippen LogP) is -0.110. The molecule has 1 aliphatic rings. The zero-order chi connectivity index (χ0) is 12.1. The summed E-state index contributed by atoms with van der Waals surface area (Å²) in [4.78, 5) is 22.1. The first-order chi connectivity index (χ1) is 7.54. The number of hydrogen-bond acceptors (Lipinski definition) is 4. The van der Waals surface area contributed by atoms with Crippen molar-refractivity contribution >= 4 is 12.0 Å². The summed E-state index contributed by atoms with van der Waals surface area (Å²) < 4.78 is 4.70. The van der Waals surface area contributed by atoms with Gasteiger partial charge in [-0.1, -0.05) is 13.3 Å². The molecule has 2 amide bonds. The fraction of sp³-hybridized carbons (Fsp3) is 0.800. The van der Waals surface area contributed by atoms with Crippen LogP contribution in [0, 0.1) is 0 Å². The number of carbonyl (C=O) groups excluding carboxylic acids is 2. The molecule has 0 bridgehead atoms. The van der Waals surface area contributed by atoms with Gasteiger partial charge in [-0.05, 0) is 19.3 Å². The van der Waals surface area contributed by atoms with E-state index in [0.29, 0.717) is 12.8 Å². The van der Waals surface area contributed by atoms with Crippen LogP contribution in [0.5, 0.6) is 0 Å². The summed E-state index contributed by atoms with van der Waals surface area (Å²) in [5.41, 5.74) is 4.87. The fourth-order valence-corrected chi connectivity index (χ4v) is 1.40. The Hall–Kier alpha value is -1.30. The molecule has 0 aromatic rings. The Morgan fingerprint density at radius 3 is 2.62 bits per heavy atom. The van der Waals surface area contributed by atoms with Crippen LogP contribution in [-0.4, -0.2) is 35.4 Å². The van der Waals surface area contributed by atoms with Crippen molar-refractivity contribution in [3.8, 4) is 0 Å². The van der Waals surface area contributed by atoms with Gasteiger partial charge < -0.3 is 20.9 Å². The van der Waals surface area contributed by atoms with Gasteiger partial charge in [-0.3, -0.25) is 4.79 Å². The summed E-state index contributed by atoms with van der Waals surface area (Å²) in [6, 6.07) is 0.165. The minimum Gasteiger partial charge on any atom is -0.443 e. The van der Waals surface area contributed by atoms with E-state index in [-0.39, 0.29) is 6.04 Å². The minimum atomic E-state index is -1.34. The second-order valence-electron chi connectivity index (χ2n) is 3.99. The van der Waals surface area contributed by atoms with Crippen molar-refractivity contribution in [2.24, 2.45) is 5.73 Å². The van der Waals surface area contributed by atoms with Gasteiger partial charge in [0, 0.05) is 6.04 Å². The molecule has 0 aromatic heterocycles. The third kappa shape index (κ3) is 4.06. The molecule has 92 valence electrons. The summed E-state index contributed by atoms with van der Waals surface area (Å²) in [7, 11) is 0. The Labute approximate surface area is 94.1 Å². The molecule has 0 radical (unpaired) electrons. The van der Waals surface area contributed by atoms with Crippen molar-refractivity contribution in [3.63, 3.8) is 0 Å². The molecule has 1 unspecified atom stereocenters. The average molecular weight is 230 g/mol. The minimum absolute atomic E-state index is 0.165. The number of aliphatic hydroxyl groups is 1. The monoisotopic (exact) mass is 230 g/mol. The van der Waals surface area contributed by atoms with Crippen molar-refractivity contribution < 1.29 is 19.4 Å². The van der Waals surface area contributed by atoms with Gasteiger partial charge in [0.25, 0.3) is 5.91 Å². The molecule has 0 aliphatic heterocycles. The van der Waals surface area contributed by atoms with E-state index in [1.54, 1.807) is 0 Å². The molecule has 1 fully saturated rings. The van der Waals surface area contributed by atoms with Crippen LogP contribution in [0.25, 0.3) is 0 Å². The summed E-state index contributed by atoms with van der Waals surface area (Å²) in [6.07, 6.45) is -0.208. The van der Waals surface area contributed by atoms with Crippen molar-refractivity contribution in [3.05, 3.63) is 0 Å². The first-order valence-electron chi connectivity index (χ1n) is 5.49. The largest absolute Gasteiger partial charge is 0.443 e. The van der Waals surface area contributed by atoms with Crippen molar-refractivity contribution in [1.29, 1.82) is 0 Å². The zero-order valence-corrected chi connectivity index (χ0v) is 9.31. The highest BCUT2D eigenvalue weighted by molar-refractivity contribution is 5.82. The van der Waals surface area contributed by atoms with E-state index in [1.807, 2.05) is 6.92 Å². The SMILES string of the molecule is CCC[C@H](OC(N)=O)C(O)C(=O)NC1CC1. The lowest BCUT2D eigenvalue weighted by atomic mass is 10.1. The maximum absolute atomic E-state index is 11.5. The van der Waals surface area contributed by atoms with Crippen molar-refractivity contribution in [2.75, 3.05) is 0 Å². The van der Waals surface area contributed by atoms with Crippen LogP contribution in [0.15, 0.2) is 0 Å². The molecule has 2 atom stereocenters. The summed E-state index contributed by atoms with van der Waals surface area (Å²) >= 11 is 0. The van der Waals surface area contributed by atoms with Crippen molar-refractivity contribution in [1.82, 2.24) is 5.32 Å². The van der Waals surface area contributed by atoms with E-state index >= 15 is 0 Å². The second kappa shape index (κ2) is 5.69. The van der Waals surface area contributed by atoms with E-state index < -0.39 is 24.2 Å². The molecule has 6 heteroatoms. The summed E-state index contributed by atoms with van der Waals surface area (Å²) in [6.45, 7) is 1.86. The Morgan fingerprint density at radius 2 is 2.19 bits per heavy atom. The van der Waals surface area contributed by atoms with Crippen LogP contribution in [0.4, 0.5) is 4.79 Å². The first kappa shape index (κ1) is 12.8. The molecule has 1 saturated carbocycles. The first-order valence-corrected chi connectivity index (χ1v) is 5.49. The van der Waals surface area contributed by atoms with Crippen LogP contribution in [0.3, 0.4) is 0 Å². The number of primary amides is 1. The van der Waals surface area contributed by atoms with Crippen LogP contribution in [0.1, 0.15) is 32.6 Å². The molecule has 4 N–H and O–H groups in total. The standard InChI is InChI=1S/C10H18N2O4/c1-2-3-7(16-10(11)15)8(13)9(14)12-6-4-5-6/h6-8,13H,2-5H2,1H3,(H2,11,15)(H,12,14)/t7-,8?/m0/s1. The number of nitrogens with one attached hydrogen (secondary N) is 1. The number of amides is 2. The third-order valence-corrected chi connectivity index (χ3v) is 2.39. The van der Waals surface area contributed by atoms with Gasteiger partial charge in [-0.25, -0.2) is 4.79 Å². The van der Waals surface area contributed by atoms with Gasteiger partial charge in [0.1, 0.15) is 6.10 Å². The number of ether oxygens (including phenoxy) is 1. The molecule has 0 saturated heterocycles. The zero-order valence-electron chi connectivity index (χ0n) is 9.31. The van der Waals surface area contributed by atoms with Crippen LogP contribution >= 0.6 is 0 Å². The van der Waals surface area contributed by atoms with Gasteiger partial charge in [0.15, 0.2) is 6.10 Å². The van der Waals surface area contributed by atoms with Crippen LogP contribution in [-0.2, 0) is 9.53 Å². The van der Waals surface area contributed by atoms with E-state index in [9.17, 15) is 14.7 Å². The fourth-order valence-electron chi connectivity index (χ4n) is 1.40. The molecule has 0 heterocycles. The highest BCUT2D eigenvalue weighted by atomic mass is 16.6. The maximum Gasteiger partial charge on any atom is 0.404 e. The smallest absolute Gasteiger partial charge is 0.404 e. The van der Waals surface area contributed by atoms with Gasteiger partial charge in [0.2, 0.25) is 0 Å². The van der Waals surface area contributed by atoms with Gasteiger partial charge in [0.05, 0.1) is 0 Å². The molecule has 0 spiro atoms. The topological polar surface area (TPSA) is 102 Å². The number of rotatable bonds is 6. The molecule has 6 nitrogen and oxygen atoms in total. The number of hydrogen-bond donors (Lipinski definition) is 3. The van der Waals surface area contributed by atoms with Gasteiger partial charge in [-0.2, -0.15) is 0 Å². The van der Waals surface area contributed by atoms with E-state index in [2.05, 4.69) is 5.32 Å². The molecule has 16 heavy (non-hydrogen) atoms. The Morgan fingerprint density at radius 1 is 1.56 bits per heavy atom. The molecular formula is C10H18N2O4. The Kier molecular flexibility index (Phi) is 4.54. The molecule has 1 rings (SSSR count). The summed E-state index contributed by atoms with van der Waals surface area (Å²) in [5.74, 6) is -0.498. The van der Waals surface area contributed by atoms with E-state index in [1.165, 1.54) is 0 Å². The number of carbonyl (C=O) groups is 2. The Bertz CT molecular complexity index is 266. The van der Waals surface area contributed by atoms with E-state index in [0.717, 1.165) is 12.8 Å². The predicted molar refractivity (Wildman–Crippen MR) is 56.5 cm³/mol. The van der Waals surface area contributed by atoms with Crippen LogP contribution < -0.4 is 11.1 Å². The van der Waals surface area contributed by atoms with E-state index in [4.69, 9.17) is 10.5 Å². The third-order valence-electron chi connectivity index (χ3n) is 2.39.